The van der Waals surface area contributed by atoms with Gasteiger partial charge < -0.3 is 9.47 Å². The molecule has 156 valence electrons. The molecule has 1 atom stereocenters. The van der Waals surface area contributed by atoms with Crippen molar-refractivity contribution in [1.82, 2.24) is 15.0 Å². The number of nitrogens with zero attached hydrogens (tertiary/aromatic N) is 3. The molecule has 0 saturated carbocycles. The van der Waals surface area contributed by atoms with Crippen molar-refractivity contribution in [3.8, 4) is 5.75 Å². The second-order valence-corrected chi connectivity index (χ2v) is 7.14. The summed E-state index contributed by atoms with van der Waals surface area (Å²) in [6.07, 6.45) is -1.15. The number of ketones is 1. The molecule has 1 aromatic heterocycles. The van der Waals surface area contributed by atoms with Gasteiger partial charge in [-0.2, -0.15) is 0 Å². The van der Waals surface area contributed by atoms with Gasteiger partial charge in [0.1, 0.15) is 11.3 Å². The molecule has 0 aliphatic rings. The maximum absolute atomic E-state index is 13.3. The van der Waals surface area contributed by atoms with E-state index in [0.717, 1.165) is 5.52 Å². The molecule has 0 aliphatic heterocycles. The zero-order valence-corrected chi connectivity index (χ0v) is 17.3. The summed E-state index contributed by atoms with van der Waals surface area (Å²) in [4.78, 5) is 26.1. The largest absolute Gasteiger partial charge is 0.497 e. The molecule has 0 bridgehead atoms. The minimum absolute atomic E-state index is 0.00719. The van der Waals surface area contributed by atoms with Gasteiger partial charge in [-0.25, -0.2) is 9.48 Å². The van der Waals surface area contributed by atoms with Crippen LogP contribution in [0.3, 0.4) is 0 Å². The third-order valence-electron chi connectivity index (χ3n) is 4.75. The fourth-order valence-corrected chi connectivity index (χ4v) is 3.38. The third kappa shape index (κ3) is 4.41. The van der Waals surface area contributed by atoms with Crippen molar-refractivity contribution in [2.24, 2.45) is 0 Å². The number of esters is 1. The van der Waals surface area contributed by atoms with Gasteiger partial charge in [-0.05, 0) is 36.4 Å². The molecule has 1 heterocycles. The van der Waals surface area contributed by atoms with E-state index in [9.17, 15) is 9.59 Å². The van der Waals surface area contributed by atoms with E-state index in [1.807, 2.05) is 24.3 Å². The van der Waals surface area contributed by atoms with Crippen LogP contribution in [0.1, 0.15) is 20.7 Å². The quantitative estimate of drug-likeness (QED) is 0.319. The Morgan fingerprint density at radius 3 is 2.61 bits per heavy atom. The highest BCUT2D eigenvalue weighted by Gasteiger charge is 2.27. The minimum Gasteiger partial charge on any atom is -0.497 e. The summed E-state index contributed by atoms with van der Waals surface area (Å²) in [7, 11) is 1.51. The van der Waals surface area contributed by atoms with E-state index in [0.29, 0.717) is 16.8 Å². The molecule has 3 aromatic carbocycles. The number of benzene rings is 3. The van der Waals surface area contributed by atoms with E-state index in [4.69, 9.17) is 21.1 Å². The minimum atomic E-state index is -1.15. The number of rotatable bonds is 7. The van der Waals surface area contributed by atoms with Crippen LogP contribution in [0, 0.1) is 0 Å². The molecular weight excluding hydrogens is 418 g/mol. The van der Waals surface area contributed by atoms with Crippen molar-refractivity contribution in [1.29, 1.82) is 0 Å². The number of ether oxygens (including phenoxy) is 2. The van der Waals surface area contributed by atoms with Crippen LogP contribution in [0.5, 0.6) is 5.75 Å². The monoisotopic (exact) mass is 435 g/mol. The number of methoxy groups -OCH3 is 1. The van der Waals surface area contributed by atoms with Gasteiger partial charge in [0.25, 0.3) is 0 Å². The maximum atomic E-state index is 13.3. The van der Waals surface area contributed by atoms with E-state index in [1.54, 1.807) is 48.5 Å². The van der Waals surface area contributed by atoms with E-state index in [-0.39, 0.29) is 22.9 Å². The summed E-state index contributed by atoms with van der Waals surface area (Å²) >= 11 is 6.13. The van der Waals surface area contributed by atoms with Crippen molar-refractivity contribution in [3.05, 3.63) is 88.9 Å². The number of carbonyl (C=O) groups excluding carboxylic acids is 2. The molecule has 7 nitrogen and oxygen atoms in total. The van der Waals surface area contributed by atoms with Gasteiger partial charge in [-0.3, -0.25) is 4.79 Å². The number of aromatic nitrogens is 3. The molecule has 0 spiro atoms. The molecule has 1 unspecified atom stereocenters. The van der Waals surface area contributed by atoms with Crippen LogP contribution in [-0.2, 0) is 11.3 Å². The Morgan fingerprint density at radius 1 is 1.03 bits per heavy atom. The average molecular weight is 436 g/mol. The summed E-state index contributed by atoms with van der Waals surface area (Å²) in [5.74, 6) is -0.566. The Labute approximate surface area is 183 Å². The number of para-hydroxylation sites is 1. The van der Waals surface area contributed by atoms with Crippen LogP contribution in [0.4, 0.5) is 0 Å². The summed E-state index contributed by atoms with van der Waals surface area (Å²) in [5, 5.41) is 8.46. The van der Waals surface area contributed by atoms with Crippen molar-refractivity contribution in [2.75, 3.05) is 7.11 Å². The van der Waals surface area contributed by atoms with Crippen LogP contribution in [0.2, 0.25) is 5.02 Å². The first-order valence-corrected chi connectivity index (χ1v) is 9.86. The Morgan fingerprint density at radius 2 is 1.81 bits per heavy atom. The Balaban J connectivity index is 1.68. The van der Waals surface area contributed by atoms with Gasteiger partial charge >= 0.3 is 5.97 Å². The van der Waals surface area contributed by atoms with Gasteiger partial charge in [-0.15, -0.1) is 5.10 Å². The highest BCUT2D eigenvalue weighted by molar-refractivity contribution is 6.33. The van der Waals surface area contributed by atoms with Crippen LogP contribution < -0.4 is 4.74 Å². The van der Waals surface area contributed by atoms with E-state index in [2.05, 4.69) is 10.3 Å². The fraction of sp³-hybridized carbons (Fsp3) is 0.130. The molecule has 8 heteroatoms. The number of carbonyl (C=O) groups is 2. The topological polar surface area (TPSA) is 83.3 Å². The maximum Gasteiger partial charge on any atom is 0.340 e. The molecule has 31 heavy (non-hydrogen) atoms. The first-order valence-electron chi connectivity index (χ1n) is 9.49. The lowest BCUT2D eigenvalue weighted by atomic mass is 10.1. The molecule has 0 fully saturated rings. The predicted octanol–water partition coefficient (Wildman–Crippen LogP) is 4.20. The van der Waals surface area contributed by atoms with Gasteiger partial charge in [0.15, 0.2) is 6.10 Å². The fourth-order valence-electron chi connectivity index (χ4n) is 3.16. The van der Waals surface area contributed by atoms with Crippen molar-refractivity contribution < 1.29 is 19.1 Å². The lowest BCUT2D eigenvalue weighted by Gasteiger charge is -2.18. The van der Waals surface area contributed by atoms with Crippen LogP contribution in [-0.4, -0.2) is 40.0 Å². The molecule has 4 rings (SSSR count). The molecule has 4 aromatic rings. The first kappa shape index (κ1) is 20.6. The molecule has 0 saturated heterocycles. The van der Waals surface area contributed by atoms with Crippen LogP contribution in [0.15, 0.2) is 72.8 Å². The number of fused-ring (bicyclic) bond motifs is 1. The number of hydrogen-bond acceptors (Lipinski definition) is 6. The molecule has 0 amide bonds. The highest BCUT2D eigenvalue weighted by atomic mass is 35.5. The second-order valence-electron chi connectivity index (χ2n) is 6.73. The standard InChI is InChI=1S/C23H18ClN3O4/c1-30-16-8-6-7-15(13-16)22(28)21(31-23(29)17-9-2-3-10-18(17)24)14-27-20-12-5-4-11-19(20)25-26-27/h2-13,21H,14H2,1H3. The first-order chi connectivity index (χ1) is 15.1. The SMILES string of the molecule is COc1cccc(C(=O)C(Cn2nnc3ccccc32)OC(=O)c2ccccc2Cl)c1. The summed E-state index contributed by atoms with van der Waals surface area (Å²) in [5.41, 5.74) is 1.92. The average Bonchev–Trinajstić information content (AvgIpc) is 3.21. The van der Waals surface area contributed by atoms with E-state index in [1.165, 1.54) is 11.8 Å². The Hall–Kier alpha value is -3.71. The summed E-state index contributed by atoms with van der Waals surface area (Å²) in [6.45, 7) is -0.00719. The lowest BCUT2D eigenvalue weighted by molar-refractivity contribution is 0.0245. The number of hydrogen-bond donors (Lipinski definition) is 0. The highest BCUT2D eigenvalue weighted by Crippen LogP contribution is 2.21. The van der Waals surface area contributed by atoms with Crippen molar-refractivity contribution in [2.45, 2.75) is 12.6 Å². The third-order valence-corrected chi connectivity index (χ3v) is 5.08. The number of halogens is 1. The van der Waals surface area contributed by atoms with E-state index < -0.39 is 12.1 Å². The molecule has 0 aliphatic carbocycles. The zero-order chi connectivity index (χ0) is 21.8. The van der Waals surface area contributed by atoms with Gasteiger partial charge in [-0.1, -0.05) is 53.2 Å². The second kappa shape index (κ2) is 8.97. The predicted molar refractivity (Wildman–Crippen MR) is 116 cm³/mol. The Bertz CT molecular complexity index is 1250. The van der Waals surface area contributed by atoms with Gasteiger partial charge in [0.05, 0.1) is 29.8 Å². The Kier molecular flexibility index (Phi) is 5.95. The molecule has 0 N–H and O–H groups in total. The zero-order valence-electron chi connectivity index (χ0n) is 16.6. The van der Waals surface area contributed by atoms with E-state index >= 15 is 0 Å². The normalized spacial score (nSPS) is 11.8. The summed E-state index contributed by atoms with van der Waals surface area (Å²) < 4.78 is 12.4. The lowest BCUT2D eigenvalue weighted by Crippen LogP contribution is -2.32. The summed E-state index contributed by atoms with van der Waals surface area (Å²) in [6, 6.07) is 20.5. The smallest absolute Gasteiger partial charge is 0.340 e. The van der Waals surface area contributed by atoms with Crippen molar-refractivity contribution >= 4 is 34.4 Å². The van der Waals surface area contributed by atoms with Gasteiger partial charge in [0.2, 0.25) is 5.78 Å². The number of Topliss-reactive ketones (excluding diaryl/α,β-unsaturated/α-hetero) is 1. The molecular formula is C23H18ClN3O4. The van der Waals surface area contributed by atoms with Gasteiger partial charge in [0, 0.05) is 5.56 Å². The van der Waals surface area contributed by atoms with Crippen LogP contribution in [0.25, 0.3) is 11.0 Å². The van der Waals surface area contributed by atoms with Crippen LogP contribution >= 0.6 is 11.6 Å². The molecule has 0 radical (unpaired) electrons. The van der Waals surface area contributed by atoms with Crippen molar-refractivity contribution in [3.63, 3.8) is 0 Å².